The first-order valence-electron chi connectivity index (χ1n) is 8.02. The zero-order valence-electron chi connectivity index (χ0n) is 14.0. The van der Waals surface area contributed by atoms with Crippen molar-refractivity contribution in [1.29, 1.82) is 0 Å². The summed E-state index contributed by atoms with van der Waals surface area (Å²) < 4.78 is 5.29. The minimum absolute atomic E-state index is 0.0185. The highest BCUT2D eigenvalue weighted by Gasteiger charge is 2.34. The summed E-state index contributed by atoms with van der Waals surface area (Å²) in [7, 11) is 0. The molecule has 1 N–H and O–H groups in total. The molecule has 1 fully saturated rings. The number of amides is 3. The van der Waals surface area contributed by atoms with Crippen molar-refractivity contribution < 1.29 is 19.1 Å². The van der Waals surface area contributed by atoms with E-state index in [1.807, 2.05) is 25.1 Å². The topological polar surface area (TPSA) is 79.0 Å². The van der Waals surface area contributed by atoms with Crippen molar-refractivity contribution in [2.75, 3.05) is 22.9 Å². The highest BCUT2D eigenvalue weighted by molar-refractivity contribution is 5.96. The van der Waals surface area contributed by atoms with E-state index in [4.69, 9.17) is 4.74 Å². The zero-order valence-corrected chi connectivity index (χ0v) is 14.0. The number of fused-ring (bicyclic) bond motifs is 1. The number of carbonyl (C=O) groups is 3. The van der Waals surface area contributed by atoms with E-state index in [0.29, 0.717) is 13.1 Å². The van der Waals surface area contributed by atoms with Gasteiger partial charge in [0.1, 0.15) is 6.10 Å². The Morgan fingerprint density at radius 1 is 1.33 bits per heavy atom. The van der Waals surface area contributed by atoms with E-state index in [1.54, 1.807) is 16.7 Å². The molecule has 0 bridgehead atoms. The number of hydrogen-bond donors (Lipinski definition) is 1. The van der Waals surface area contributed by atoms with E-state index in [0.717, 1.165) is 23.4 Å². The summed E-state index contributed by atoms with van der Waals surface area (Å²) in [6.45, 7) is 5.69. The molecule has 128 valence electrons. The lowest BCUT2D eigenvalue weighted by molar-refractivity contribution is -0.119. The van der Waals surface area contributed by atoms with Crippen LogP contribution in [0.15, 0.2) is 18.2 Å². The first kappa shape index (κ1) is 16.3. The predicted molar refractivity (Wildman–Crippen MR) is 89.1 cm³/mol. The molecule has 0 spiro atoms. The number of nitrogens with one attached hydrogen (secondary N) is 1. The number of carbonyl (C=O) groups excluding carboxylic acids is 3. The van der Waals surface area contributed by atoms with Crippen LogP contribution in [0.3, 0.4) is 0 Å². The average molecular weight is 331 g/mol. The van der Waals surface area contributed by atoms with Crippen molar-refractivity contribution in [3.8, 4) is 0 Å². The Kier molecular flexibility index (Phi) is 4.17. The fraction of sp³-hybridized carbons (Fsp3) is 0.471. The third-order valence-electron chi connectivity index (χ3n) is 4.38. The molecule has 0 radical (unpaired) electrons. The fourth-order valence-corrected chi connectivity index (χ4v) is 3.36. The van der Waals surface area contributed by atoms with Gasteiger partial charge in [0.05, 0.1) is 13.1 Å². The predicted octanol–water partition coefficient (Wildman–Crippen LogP) is 1.45. The quantitative estimate of drug-likeness (QED) is 0.909. The molecule has 3 amide bonds. The maximum atomic E-state index is 12.1. The molecule has 2 aliphatic heterocycles. The molecule has 7 nitrogen and oxygen atoms in total. The van der Waals surface area contributed by atoms with Crippen molar-refractivity contribution in [2.24, 2.45) is 0 Å². The number of hydrogen-bond acceptors (Lipinski definition) is 4. The second-order valence-electron chi connectivity index (χ2n) is 6.31. The van der Waals surface area contributed by atoms with Gasteiger partial charge < -0.3 is 15.0 Å². The van der Waals surface area contributed by atoms with Crippen LogP contribution in [0.4, 0.5) is 16.2 Å². The molecule has 2 unspecified atom stereocenters. The molecule has 7 heteroatoms. The largest absolute Gasteiger partial charge is 0.442 e. The monoisotopic (exact) mass is 331 g/mol. The zero-order chi connectivity index (χ0) is 17.4. The van der Waals surface area contributed by atoms with Crippen LogP contribution in [0.1, 0.15) is 26.3 Å². The summed E-state index contributed by atoms with van der Waals surface area (Å²) >= 11 is 0. The molecule has 1 aromatic carbocycles. The van der Waals surface area contributed by atoms with Gasteiger partial charge in [-0.15, -0.1) is 0 Å². The van der Waals surface area contributed by atoms with Crippen LogP contribution in [-0.2, 0) is 20.7 Å². The second kappa shape index (κ2) is 6.14. The Balaban J connectivity index is 1.77. The van der Waals surface area contributed by atoms with E-state index in [1.165, 1.54) is 6.92 Å². The van der Waals surface area contributed by atoms with Crippen LogP contribution in [0, 0.1) is 0 Å². The molecule has 2 heterocycles. The molecule has 2 aliphatic rings. The molecule has 0 aromatic heterocycles. The molecule has 0 saturated carbocycles. The fourth-order valence-electron chi connectivity index (χ4n) is 3.36. The number of rotatable bonds is 3. The standard InChI is InChI=1S/C17H21N3O4/c1-10-6-13-7-14(4-5-16(13)20(10)12(3)22)19-9-15(24-17(19)23)8-18-11(2)21/h4-5,7,10,15H,6,8-9H2,1-3H3,(H,18,21). The van der Waals surface area contributed by atoms with Gasteiger partial charge >= 0.3 is 6.09 Å². The van der Waals surface area contributed by atoms with Crippen LogP contribution in [0.2, 0.25) is 0 Å². The number of benzene rings is 1. The maximum absolute atomic E-state index is 12.1. The summed E-state index contributed by atoms with van der Waals surface area (Å²) in [5.41, 5.74) is 2.70. The van der Waals surface area contributed by atoms with E-state index in [2.05, 4.69) is 5.32 Å². The number of ether oxygens (including phenoxy) is 1. The van der Waals surface area contributed by atoms with Gasteiger partial charge in [0.15, 0.2) is 0 Å². The SMILES string of the molecule is CC(=O)NCC1CN(c2ccc3c(c2)CC(C)N3C(C)=O)C(=O)O1. The van der Waals surface area contributed by atoms with Gasteiger partial charge in [-0.1, -0.05) is 0 Å². The van der Waals surface area contributed by atoms with Crippen molar-refractivity contribution in [3.63, 3.8) is 0 Å². The van der Waals surface area contributed by atoms with Gasteiger partial charge in [0.25, 0.3) is 0 Å². The lowest BCUT2D eigenvalue weighted by atomic mass is 10.1. The number of anilines is 2. The lowest BCUT2D eigenvalue weighted by Crippen LogP contribution is -2.33. The first-order valence-corrected chi connectivity index (χ1v) is 8.02. The molecule has 1 aromatic rings. The first-order chi connectivity index (χ1) is 11.4. The average Bonchev–Trinajstić information content (AvgIpc) is 3.03. The summed E-state index contributed by atoms with van der Waals surface area (Å²) in [5, 5.41) is 2.66. The van der Waals surface area contributed by atoms with Gasteiger partial charge in [-0.3, -0.25) is 14.5 Å². The van der Waals surface area contributed by atoms with Gasteiger partial charge in [0, 0.05) is 31.3 Å². The Morgan fingerprint density at radius 3 is 2.75 bits per heavy atom. The van der Waals surface area contributed by atoms with E-state index in [-0.39, 0.29) is 24.0 Å². The number of nitrogens with zero attached hydrogens (tertiary/aromatic N) is 2. The Morgan fingerprint density at radius 2 is 2.08 bits per heavy atom. The van der Waals surface area contributed by atoms with Crippen molar-refractivity contribution in [2.45, 2.75) is 39.3 Å². The third kappa shape index (κ3) is 2.93. The van der Waals surface area contributed by atoms with Gasteiger partial charge in [-0.05, 0) is 37.1 Å². The van der Waals surface area contributed by atoms with E-state index < -0.39 is 6.09 Å². The third-order valence-corrected chi connectivity index (χ3v) is 4.38. The summed E-state index contributed by atoms with van der Waals surface area (Å²) in [6, 6.07) is 5.76. The van der Waals surface area contributed by atoms with Crippen molar-refractivity contribution in [3.05, 3.63) is 23.8 Å². The van der Waals surface area contributed by atoms with Gasteiger partial charge in [0.2, 0.25) is 11.8 Å². The van der Waals surface area contributed by atoms with Crippen LogP contribution in [-0.4, -0.2) is 43.1 Å². The maximum Gasteiger partial charge on any atom is 0.414 e. The van der Waals surface area contributed by atoms with Gasteiger partial charge in [-0.2, -0.15) is 0 Å². The van der Waals surface area contributed by atoms with Crippen molar-refractivity contribution >= 4 is 29.3 Å². The summed E-state index contributed by atoms with van der Waals surface area (Å²) in [6.07, 6.45) is -0.0110. The molecular formula is C17H21N3O4. The summed E-state index contributed by atoms with van der Waals surface area (Å²) in [5.74, 6) is -0.134. The minimum Gasteiger partial charge on any atom is -0.442 e. The highest BCUT2D eigenvalue weighted by Crippen LogP contribution is 2.35. The Labute approximate surface area is 140 Å². The van der Waals surface area contributed by atoms with E-state index in [9.17, 15) is 14.4 Å². The summed E-state index contributed by atoms with van der Waals surface area (Å²) in [4.78, 5) is 38.2. The molecule has 2 atom stereocenters. The molecular weight excluding hydrogens is 310 g/mol. The Hall–Kier alpha value is -2.57. The Bertz CT molecular complexity index is 703. The smallest absolute Gasteiger partial charge is 0.414 e. The highest BCUT2D eigenvalue weighted by atomic mass is 16.6. The van der Waals surface area contributed by atoms with Crippen LogP contribution < -0.4 is 15.1 Å². The molecule has 24 heavy (non-hydrogen) atoms. The minimum atomic E-state index is -0.417. The van der Waals surface area contributed by atoms with Crippen LogP contribution >= 0.6 is 0 Å². The van der Waals surface area contributed by atoms with E-state index >= 15 is 0 Å². The van der Waals surface area contributed by atoms with Gasteiger partial charge in [-0.25, -0.2) is 4.79 Å². The normalized spacial score (nSPS) is 22.4. The molecule has 1 saturated heterocycles. The number of cyclic esters (lactones) is 1. The van der Waals surface area contributed by atoms with Crippen molar-refractivity contribution in [1.82, 2.24) is 5.32 Å². The lowest BCUT2D eigenvalue weighted by Gasteiger charge is -2.21. The molecule has 3 rings (SSSR count). The van der Waals surface area contributed by atoms with Crippen LogP contribution in [0.25, 0.3) is 0 Å². The van der Waals surface area contributed by atoms with Crippen LogP contribution in [0.5, 0.6) is 0 Å². The molecule has 0 aliphatic carbocycles. The second-order valence-corrected chi connectivity index (χ2v) is 6.31.